The van der Waals surface area contributed by atoms with E-state index in [0.29, 0.717) is 0 Å². The highest BCUT2D eigenvalue weighted by Crippen LogP contribution is 2.13. The van der Waals surface area contributed by atoms with Gasteiger partial charge in [0.25, 0.3) is 5.95 Å². The number of pyridine rings is 1. The highest BCUT2D eigenvalue weighted by Gasteiger charge is 2.16. The van der Waals surface area contributed by atoms with Crippen LogP contribution in [0.4, 0.5) is 4.39 Å². The summed E-state index contributed by atoms with van der Waals surface area (Å²) in [7, 11) is -3.15. The van der Waals surface area contributed by atoms with Crippen molar-refractivity contribution >= 4 is 9.84 Å². The highest BCUT2D eigenvalue weighted by molar-refractivity contribution is 7.91. The molecule has 4 nitrogen and oxygen atoms in total. The first kappa shape index (κ1) is 12.9. The standard InChI is InChI=1S/C10H14FNO3S/c1-8(2)16(13,14)7-6-15-9-4-3-5-12-10(9)11/h3-5,8H,6-7H2,1-2H3. The summed E-state index contributed by atoms with van der Waals surface area (Å²) in [5.41, 5.74) is 0. The Hall–Kier alpha value is -1.17. The molecule has 0 aliphatic heterocycles. The summed E-state index contributed by atoms with van der Waals surface area (Å²) in [5.74, 6) is -0.884. The topological polar surface area (TPSA) is 56.3 Å². The van der Waals surface area contributed by atoms with Gasteiger partial charge in [0.15, 0.2) is 15.6 Å². The summed E-state index contributed by atoms with van der Waals surface area (Å²) in [6, 6.07) is 2.93. The Morgan fingerprint density at radius 2 is 2.19 bits per heavy atom. The van der Waals surface area contributed by atoms with Crippen LogP contribution in [0.5, 0.6) is 5.75 Å². The predicted octanol–water partition coefficient (Wildman–Crippen LogP) is 1.42. The van der Waals surface area contributed by atoms with Gasteiger partial charge in [0.2, 0.25) is 0 Å². The van der Waals surface area contributed by atoms with Gasteiger partial charge < -0.3 is 4.74 Å². The molecular weight excluding hydrogens is 233 g/mol. The third-order valence-electron chi connectivity index (χ3n) is 2.07. The average molecular weight is 247 g/mol. The van der Waals surface area contributed by atoms with E-state index in [1.165, 1.54) is 18.3 Å². The minimum Gasteiger partial charge on any atom is -0.488 e. The average Bonchev–Trinajstić information content (AvgIpc) is 2.20. The highest BCUT2D eigenvalue weighted by atomic mass is 32.2. The Balaban J connectivity index is 2.52. The summed E-state index contributed by atoms with van der Waals surface area (Å²) in [6.07, 6.45) is 1.30. The Labute approximate surface area is 94.4 Å². The van der Waals surface area contributed by atoms with Crippen LogP contribution in [-0.2, 0) is 9.84 Å². The number of halogens is 1. The van der Waals surface area contributed by atoms with Crippen molar-refractivity contribution in [2.24, 2.45) is 0 Å². The first-order valence-electron chi connectivity index (χ1n) is 4.88. The maximum Gasteiger partial charge on any atom is 0.255 e. The van der Waals surface area contributed by atoms with Crippen LogP contribution < -0.4 is 4.74 Å². The predicted molar refractivity (Wildman–Crippen MR) is 58.6 cm³/mol. The fourth-order valence-corrected chi connectivity index (χ4v) is 1.77. The van der Waals surface area contributed by atoms with Crippen LogP contribution in [0.1, 0.15) is 13.8 Å². The number of sulfone groups is 1. The van der Waals surface area contributed by atoms with Crippen LogP contribution in [0.3, 0.4) is 0 Å². The molecule has 0 bridgehead atoms. The second-order valence-electron chi connectivity index (χ2n) is 3.56. The lowest BCUT2D eigenvalue weighted by Gasteiger charge is -2.09. The van der Waals surface area contributed by atoms with Crippen LogP contribution in [0.2, 0.25) is 0 Å². The quantitative estimate of drug-likeness (QED) is 0.738. The second kappa shape index (κ2) is 5.25. The molecule has 0 amide bonds. The van der Waals surface area contributed by atoms with E-state index in [2.05, 4.69) is 4.98 Å². The number of hydrogen-bond acceptors (Lipinski definition) is 4. The van der Waals surface area contributed by atoms with E-state index >= 15 is 0 Å². The molecule has 0 saturated carbocycles. The van der Waals surface area contributed by atoms with E-state index in [9.17, 15) is 12.8 Å². The van der Waals surface area contributed by atoms with E-state index in [1.807, 2.05) is 0 Å². The van der Waals surface area contributed by atoms with Crippen LogP contribution in [0, 0.1) is 5.95 Å². The molecule has 0 fully saturated rings. The fourth-order valence-electron chi connectivity index (χ4n) is 0.982. The summed E-state index contributed by atoms with van der Waals surface area (Å²) in [5, 5.41) is -0.449. The maximum absolute atomic E-state index is 13.0. The molecule has 1 aromatic heterocycles. The molecule has 1 heterocycles. The number of nitrogens with zero attached hydrogens (tertiary/aromatic N) is 1. The van der Waals surface area contributed by atoms with E-state index < -0.39 is 21.0 Å². The Morgan fingerprint density at radius 3 is 2.75 bits per heavy atom. The van der Waals surface area contributed by atoms with Gasteiger partial charge in [0, 0.05) is 6.20 Å². The fraction of sp³-hybridized carbons (Fsp3) is 0.500. The smallest absolute Gasteiger partial charge is 0.255 e. The minimum atomic E-state index is -3.15. The maximum atomic E-state index is 13.0. The van der Waals surface area contributed by atoms with Crippen molar-refractivity contribution in [3.8, 4) is 5.75 Å². The normalized spacial score (nSPS) is 11.8. The molecule has 90 valence electrons. The zero-order chi connectivity index (χ0) is 12.2. The number of ether oxygens (including phenoxy) is 1. The van der Waals surface area contributed by atoms with Gasteiger partial charge in [-0.05, 0) is 26.0 Å². The first-order valence-corrected chi connectivity index (χ1v) is 6.60. The third-order valence-corrected chi connectivity index (χ3v) is 4.24. The molecule has 0 aliphatic carbocycles. The molecule has 0 spiro atoms. The SMILES string of the molecule is CC(C)S(=O)(=O)CCOc1cccnc1F. The monoisotopic (exact) mass is 247 g/mol. The largest absolute Gasteiger partial charge is 0.488 e. The van der Waals surface area contributed by atoms with Crippen molar-refractivity contribution < 1.29 is 17.5 Å². The van der Waals surface area contributed by atoms with Gasteiger partial charge in [-0.2, -0.15) is 4.39 Å². The summed E-state index contributed by atoms with van der Waals surface area (Å²) < 4.78 is 40.8. The van der Waals surface area contributed by atoms with Crippen molar-refractivity contribution in [1.29, 1.82) is 0 Å². The van der Waals surface area contributed by atoms with Crippen molar-refractivity contribution in [1.82, 2.24) is 4.98 Å². The molecular formula is C10H14FNO3S. The van der Waals surface area contributed by atoms with E-state index in [1.54, 1.807) is 13.8 Å². The van der Waals surface area contributed by atoms with Gasteiger partial charge in [0.05, 0.1) is 11.0 Å². The molecule has 0 aliphatic rings. The van der Waals surface area contributed by atoms with Crippen molar-refractivity contribution in [2.75, 3.05) is 12.4 Å². The van der Waals surface area contributed by atoms with Crippen LogP contribution in [0.25, 0.3) is 0 Å². The second-order valence-corrected chi connectivity index (χ2v) is 6.23. The minimum absolute atomic E-state index is 0.0264. The molecule has 0 saturated heterocycles. The third kappa shape index (κ3) is 3.44. The molecule has 16 heavy (non-hydrogen) atoms. The lowest BCUT2D eigenvalue weighted by Crippen LogP contribution is -2.22. The molecule has 1 rings (SSSR count). The summed E-state index contributed by atoms with van der Waals surface area (Å²) in [6.45, 7) is 3.13. The molecule has 0 atom stereocenters. The van der Waals surface area contributed by atoms with Gasteiger partial charge in [0.1, 0.15) is 6.61 Å². The first-order chi connectivity index (χ1) is 7.43. The van der Waals surface area contributed by atoms with Crippen LogP contribution in [0.15, 0.2) is 18.3 Å². The lowest BCUT2D eigenvalue weighted by molar-refractivity contribution is 0.316. The van der Waals surface area contributed by atoms with E-state index in [0.717, 1.165) is 0 Å². The molecule has 1 aromatic rings. The van der Waals surface area contributed by atoms with Crippen molar-refractivity contribution in [3.63, 3.8) is 0 Å². The van der Waals surface area contributed by atoms with Gasteiger partial charge in [-0.15, -0.1) is 0 Å². The van der Waals surface area contributed by atoms with Crippen molar-refractivity contribution in [3.05, 3.63) is 24.3 Å². The molecule has 0 aromatic carbocycles. The summed E-state index contributed by atoms with van der Waals surface area (Å²) in [4.78, 5) is 3.39. The number of rotatable bonds is 5. The number of hydrogen-bond donors (Lipinski definition) is 0. The zero-order valence-electron chi connectivity index (χ0n) is 9.18. The molecule has 6 heteroatoms. The van der Waals surface area contributed by atoms with Crippen LogP contribution in [-0.4, -0.2) is 31.0 Å². The van der Waals surface area contributed by atoms with Gasteiger partial charge >= 0.3 is 0 Å². The summed E-state index contributed by atoms with van der Waals surface area (Å²) >= 11 is 0. The number of aromatic nitrogens is 1. The Morgan fingerprint density at radius 1 is 1.50 bits per heavy atom. The van der Waals surface area contributed by atoms with Gasteiger partial charge in [-0.3, -0.25) is 0 Å². The lowest BCUT2D eigenvalue weighted by atomic mass is 10.4. The van der Waals surface area contributed by atoms with Crippen molar-refractivity contribution in [2.45, 2.75) is 19.1 Å². The Bertz CT molecular complexity index is 445. The van der Waals surface area contributed by atoms with E-state index in [-0.39, 0.29) is 18.1 Å². The Kier molecular flexibility index (Phi) is 4.23. The molecule has 0 N–H and O–H groups in total. The van der Waals surface area contributed by atoms with E-state index in [4.69, 9.17) is 4.74 Å². The van der Waals surface area contributed by atoms with Gasteiger partial charge in [-0.25, -0.2) is 13.4 Å². The zero-order valence-corrected chi connectivity index (χ0v) is 10.00. The van der Waals surface area contributed by atoms with Gasteiger partial charge in [-0.1, -0.05) is 0 Å². The van der Waals surface area contributed by atoms with Crippen LogP contribution >= 0.6 is 0 Å². The molecule has 0 radical (unpaired) electrons. The molecule has 0 unspecified atom stereocenters.